The van der Waals surface area contributed by atoms with Gasteiger partial charge in [-0.05, 0) is 19.4 Å². The van der Waals surface area contributed by atoms with E-state index in [0.29, 0.717) is 0 Å². The van der Waals surface area contributed by atoms with Gasteiger partial charge in [-0.1, -0.05) is 6.42 Å². The SMILES string of the molecule is C1CC[C@H](N2CCOCC2)CNC1. The van der Waals surface area contributed by atoms with Gasteiger partial charge in [0.15, 0.2) is 0 Å². The van der Waals surface area contributed by atoms with E-state index >= 15 is 0 Å². The quantitative estimate of drug-likeness (QED) is 0.641. The van der Waals surface area contributed by atoms with Crippen molar-refractivity contribution in [1.82, 2.24) is 10.2 Å². The highest BCUT2D eigenvalue weighted by atomic mass is 16.5. The minimum absolute atomic E-state index is 0.770. The van der Waals surface area contributed by atoms with Crippen molar-refractivity contribution in [2.75, 3.05) is 39.4 Å². The number of hydrogen-bond donors (Lipinski definition) is 1. The number of nitrogens with zero attached hydrogens (tertiary/aromatic N) is 1. The van der Waals surface area contributed by atoms with Crippen molar-refractivity contribution in [2.24, 2.45) is 0 Å². The lowest BCUT2D eigenvalue weighted by Crippen LogP contribution is -2.47. The smallest absolute Gasteiger partial charge is 0.0594 e. The highest BCUT2D eigenvalue weighted by Gasteiger charge is 2.21. The fourth-order valence-electron chi connectivity index (χ4n) is 2.25. The molecule has 13 heavy (non-hydrogen) atoms. The van der Waals surface area contributed by atoms with Crippen LogP contribution in [0.5, 0.6) is 0 Å². The van der Waals surface area contributed by atoms with E-state index in [1.807, 2.05) is 0 Å². The second-order valence-corrected chi connectivity index (χ2v) is 4.00. The predicted octanol–water partition coefficient (Wildman–Crippen LogP) is 0.461. The molecule has 76 valence electrons. The van der Waals surface area contributed by atoms with Crippen molar-refractivity contribution in [3.05, 3.63) is 0 Å². The Hall–Kier alpha value is -0.120. The molecule has 1 atom stereocenters. The third kappa shape index (κ3) is 2.66. The maximum absolute atomic E-state index is 5.36. The topological polar surface area (TPSA) is 24.5 Å². The molecular weight excluding hydrogens is 164 g/mol. The number of morpholine rings is 1. The minimum atomic E-state index is 0.770. The lowest BCUT2D eigenvalue weighted by molar-refractivity contribution is 0.0159. The molecule has 0 aliphatic carbocycles. The average molecular weight is 184 g/mol. The molecule has 0 saturated carbocycles. The first-order valence-electron chi connectivity index (χ1n) is 5.49. The van der Waals surface area contributed by atoms with Gasteiger partial charge in [-0.15, -0.1) is 0 Å². The summed E-state index contributed by atoms with van der Waals surface area (Å²) in [4.78, 5) is 2.59. The summed E-state index contributed by atoms with van der Waals surface area (Å²) in [5.41, 5.74) is 0. The molecule has 2 fully saturated rings. The zero-order valence-electron chi connectivity index (χ0n) is 8.30. The van der Waals surface area contributed by atoms with Crippen LogP contribution in [0.15, 0.2) is 0 Å². The molecular formula is C10H20N2O. The first-order chi connectivity index (χ1) is 6.47. The molecule has 0 aromatic carbocycles. The van der Waals surface area contributed by atoms with Crippen LogP contribution in [0.2, 0.25) is 0 Å². The molecule has 1 N–H and O–H groups in total. The van der Waals surface area contributed by atoms with E-state index in [1.54, 1.807) is 0 Å². The molecule has 2 aliphatic rings. The number of hydrogen-bond acceptors (Lipinski definition) is 3. The molecule has 2 saturated heterocycles. The van der Waals surface area contributed by atoms with Gasteiger partial charge in [0, 0.05) is 25.7 Å². The zero-order chi connectivity index (χ0) is 8.93. The molecule has 2 aliphatic heterocycles. The molecule has 0 spiro atoms. The molecule has 0 radical (unpaired) electrons. The maximum atomic E-state index is 5.36. The Labute approximate surface area is 80.4 Å². The zero-order valence-corrected chi connectivity index (χ0v) is 8.30. The van der Waals surface area contributed by atoms with E-state index in [-0.39, 0.29) is 0 Å². The normalized spacial score (nSPS) is 32.8. The van der Waals surface area contributed by atoms with Crippen LogP contribution >= 0.6 is 0 Å². The van der Waals surface area contributed by atoms with Gasteiger partial charge in [0.25, 0.3) is 0 Å². The average Bonchev–Trinajstić information content (AvgIpc) is 2.47. The van der Waals surface area contributed by atoms with Crippen LogP contribution in [0, 0.1) is 0 Å². The number of nitrogens with one attached hydrogen (secondary N) is 1. The molecule has 0 aromatic heterocycles. The fourth-order valence-corrected chi connectivity index (χ4v) is 2.25. The first kappa shape index (κ1) is 9.44. The van der Waals surface area contributed by atoms with E-state index in [2.05, 4.69) is 10.2 Å². The second-order valence-electron chi connectivity index (χ2n) is 4.00. The van der Waals surface area contributed by atoms with Crippen molar-refractivity contribution < 1.29 is 4.74 Å². The van der Waals surface area contributed by atoms with Crippen molar-refractivity contribution in [3.63, 3.8) is 0 Å². The summed E-state index contributed by atoms with van der Waals surface area (Å²) in [7, 11) is 0. The minimum Gasteiger partial charge on any atom is -0.379 e. The highest BCUT2D eigenvalue weighted by Crippen LogP contribution is 2.12. The third-order valence-corrected chi connectivity index (χ3v) is 3.08. The summed E-state index contributed by atoms with van der Waals surface area (Å²) in [6.07, 6.45) is 4.10. The van der Waals surface area contributed by atoms with Gasteiger partial charge in [-0.25, -0.2) is 0 Å². The largest absolute Gasteiger partial charge is 0.379 e. The highest BCUT2D eigenvalue weighted by molar-refractivity contribution is 4.78. The van der Waals surface area contributed by atoms with Crippen LogP contribution in [-0.2, 0) is 4.74 Å². The summed E-state index contributed by atoms with van der Waals surface area (Å²) in [6.45, 7) is 6.51. The summed E-state index contributed by atoms with van der Waals surface area (Å²) >= 11 is 0. The molecule has 0 bridgehead atoms. The third-order valence-electron chi connectivity index (χ3n) is 3.08. The Kier molecular flexibility index (Phi) is 3.58. The van der Waals surface area contributed by atoms with Crippen LogP contribution in [0.4, 0.5) is 0 Å². The molecule has 3 nitrogen and oxygen atoms in total. The van der Waals surface area contributed by atoms with Crippen molar-refractivity contribution in [3.8, 4) is 0 Å². The van der Waals surface area contributed by atoms with E-state index < -0.39 is 0 Å². The summed E-state index contributed by atoms with van der Waals surface area (Å²) in [5.74, 6) is 0. The van der Waals surface area contributed by atoms with Crippen LogP contribution < -0.4 is 5.32 Å². The van der Waals surface area contributed by atoms with Crippen molar-refractivity contribution in [1.29, 1.82) is 0 Å². The van der Waals surface area contributed by atoms with Crippen LogP contribution in [0.25, 0.3) is 0 Å². The van der Waals surface area contributed by atoms with Crippen LogP contribution in [-0.4, -0.2) is 50.3 Å². The van der Waals surface area contributed by atoms with E-state index in [1.165, 1.54) is 32.4 Å². The molecule has 0 unspecified atom stereocenters. The Morgan fingerprint density at radius 3 is 2.85 bits per heavy atom. The first-order valence-corrected chi connectivity index (χ1v) is 5.49. The Balaban J connectivity index is 1.82. The number of ether oxygens (including phenoxy) is 1. The number of rotatable bonds is 1. The van der Waals surface area contributed by atoms with Crippen molar-refractivity contribution in [2.45, 2.75) is 25.3 Å². The lowest BCUT2D eigenvalue weighted by Gasteiger charge is -2.33. The summed E-state index contributed by atoms with van der Waals surface area (Å²) < 4.78 is 5.36. The van der Waals surface area contributed by atoms with Crippen LogP contribution in [0.1, 0.15) is 19.3 Å². The van der Waals surface area contributed by atoms with Gasteiger partial charge >= 0.3 is 0 Å². The van der Waals surface area contributed by atoms with Crippen LogP contribution in [0.3, 0.4) is 0 Å². The van der Waals surface area contributed by atoms with Gasteiger partial charge in [0.1, 0.15) is 0 Å². The summed E-state index contributed by atoms with van der Waals surface area (Å²) in [5, 5.41) is 3.51. The maximum Gasteiger partial charge on any atom is 0.0594 e. The van der Waals surface area contributed by atoms with E-state index in [4.69, 9.17) is 4.74 Å². The Morgan fingerprint density at radius 1 is 1.15 bits per heavy atom. The fraction of sp³-hybridized carbons (Fsp3) is 1.00. The molecule has 0 aromatic rings. The molecule has 2 heterocycles. The molecule has 2 rings (SSSR count). The standard InChI is InChI=1S/C10H20N2O/c1-2-4-11-9-10(3-1)12-5-7-13-8-6-12/h10-11H,1-9H2/t10-/m0/s1. The van der Waals surface area contributed by atoms with E-state index in [9.17, 15) is 0 Å². The van der Waals surface area contributed by atoms with Gasteiger partial charge < -0.3 is 10.1 Å². The molecule has 3 heteroatoms. The predicted molar refractivity (Wildman–Crippen MR) is 52.9 cm³/mol. The summed E-state index contributed by atoms with van der Waals surface area (Å²) in [6, 6.07) is 0.770. The van der Waals surface area contributed by atoms with Gasteiger partial charge in [-0.3, -0.25) is 4.90 Å². The van der Waals surface area contributed by atoms with Gasteiger partial charge in [-0.2, -0.15) is 0 Å². The van der Waals surface area contributed by atoms with Gasteiger partial charge in [0.05, 0.1) is 13.2 Å². The lowest BCUT2D eigenvalue weighted by atomic mass is 10.1. The van der Waals surface area contributed by atoms with Crippen molar-refractivity contribution >= 4 is 0 Å². The molecule has 0 amide bonds. The monoisotopic (exact) mass is 184 g/mol. The second kappa shape index (κ2) is 4.94. The Morgan fingerprint density at radius 2 is 2.00 bits per heavy atom. The van der Waals surface area contributed by atoms with E-state index in [0.717, 1.165) is 32.3 Å². The van der Waals surface area contributed by atoms with Gasteiger partial charge in [0.2, 0.25) is 0 Å². The Bertz CT molecular complexity index is 138.